The summed E-state index contributed by atoms with van der Waals surface area (Å²) in [6.45, 7) is 13.6. The molecule has 0 aromatic heterocycles. The first-order valence-corrected chi connectivity index (χ1v) is 13.9. The molecule has 208 valence electrons. The zero-order valence-electron chi connectivity index (χ0n) is 24.2. The normalized spacial score (nSPS) is 17.1. The van der Waals surface area contributed by atoms with Crippen LogP contribution in [0.2, 0.25) is 0 Å². The van der Waals surface area contributed by atoms with E-state index in [4.69, 9.17) is 28.7 Å². The Balaban J connectivity index is 0.000000371. The number of aliphatic imine (C=N–C) groups is 1. The molecule has 0 amide bonds. The van der Waals surface area contributed by atoms with Crippen LogP contribution in [0.4, 0.5) is 0 Å². The van der Waals surface area contributed by atoms with Gasteiger partial charge >= 0.3 is 0 Å². The lowest BCUT2D eigenvalue weighted by atomic mass is 9.87. The highest BCUT2D eigenvalue weighted by Gasteiger charge is 2.35. The average molecular weight is 532 g/mol. The third-order valence-corrected chi connectivity index (χ3v) is 6.57. The van der Waals surface area contributed by atoms with Gasteiger partial charge in [0.05, 0.1) is 25.0 Å². The number of para-hydroxylation sites is 1. The van der Waals surface area contributed by atoms with Crippen molar-refractivity contribution in [1.29, 1.82) is 0 Å². The molecule has 0 radical (unpaired) electrons. The molecule has 0 bridgehead atoms. The average Bonchev–Trinajstić information content (AvgIpc) is 2.88. The minimum absolute atomic E-state index is 0.0565. The second-order valence-electron chi connectivity index (χ2n) is 10.3. The summed E-state index contributed by atoms with van der Waals surface area (Å²) in [6, 6.07) is 20.3. The Morgan fingerprint density at radius 2 is 1.54 bits per heavy atom. The van der Waals surface area contributed by atoms with Crippen LogP contribution in [-0.2, 0) is 17.8 Å². The van der Waals surface area contributed by atoms with E-state index < -0.39 is 5.72 Å². The number of methoxy groups -OCH3 is 1. The Labute approximate surface area is 232 Å². The van der Waals surface area contributed by atoms with Crippen LogP contribution in [-0.4, -0.2) is 37.4 Å². The second kappa shape index (κ2) is 12.6. The van der Waals surface area contributed by atoms with E-state index in [1.165, 1.54) is 11.1 Å². The number of ether oxygens (including phenoxy) is 5. The molecule has 0 spiro atoms. The molecule has 0 fully saturated rings. The van der Waals surface area contributed by atoms with E-state index in [2.05, 4.69) is 25.1 Å². The molecule has 3 aromatic carbocycles. The van der Waals surface area contributed by atoms with Crippen LogP contribution in [0.15, 0.2) is 65.7 Å². The topological polar surface area (TPSA) is 58.5 Å². The molecule has 3 aromatic rings. The van der Waals surface area contributed by atoms with Crippen LogP contribution in [0.5, 0.6) is 23.0 Å². The van der Waals surface area contributed by atoms with Gasteiger partial charge in [-0.2, -0.15) is 0 Å². The van der Waals surface area contributed by atoms with E-state index in [-0.39, 0.29) is 12.2 Å². The Morgan fingerprint density at radius 1 is 0.846 bits per heavy atom. The maximum absolute atomic E-state index is 6.19. The van der Waals surface area contributed by atoms with Gasteiger partial charge in [0.2, 0.25) is 0 Å². The fourth-order valence-electron chi connectivity index (χ4n) is 4.76. The Hall–Kier alpha value is -3.51. The standard InChI is InChI=1S/C26H35NO4.C7H6O/c1-8-26(29-9-2)16-19-10-11-21(28-7)15-24(19)25(27-26)20-12-22(30-17(3)4)14-23(13-20)31-18(5)6;1-2-4-7-6(3-1)5-8-7/h10-15,17-18H,8-9,16H2,1-7H3;1-4H,5H2. The van der Waals surface area contributed by atoms with Gasteiger partial charge in [-0.3, -0.25) is 0 Å². The number of hydrogen-bond donors (Lipinski definition) is 0. The number of hydrogen-bond acceptors (Lipinski definition) is 6. The lowest BCUT2D eigenvalue weighted by Gasteiger charge is -2.35. The fraction of sp³-hybridized carbons (Fsp3) is 0.424. The first kappa shape index (κ1) is 28.5. The van der Waals surface area contributed by atoms with Gasteiger partial charge in [0.15, 0.2) is 5.72 Å². The molecular weight excluding hydrogens is 490 g/mol. The van der Waals surface area contributed by atoms with Gasteiger partial charge < -0.3 is 23.7 Å². The van der Waals surface area contributed by atoms with Gasteiger partial charge in [0.1, 0.15) is 29.6 Å². The minimum Gasteiger partial charge on any atom is -0.497 e. The molecule has 2 aliphatic heterocycles. The summed E-state index contributed by atoms with van der Waals surface area (Å²) >= 11 is 0. The Kier molecular flexibility index (Phi) is 9.18. The van der Waals surface area contributed by atoms with E-state index >= 15 is 0 Å². The quantitative estimate of drug-likeness (QED) is 0.288. The molecule has 0 saturated heterocycles. The summed E-state index contributed by atoms with van der Waals surface area (Å²) < 4.78 is 28.8. The summed E-state index contributed by atoms with van der Waals surface area (Å²) in [5.41, 5.74) is 4.81. The summed E-state index contributed by atoms with van der Waals surface area (Å²) in [4.78, 5) is 5.18. The van der Waals surface area contributed by atoms with Gasteiger partial charge in [0.25, 0.3) is 0 Å². The molecule has 39 heavy (non-hydrogen) atoms. The van der Waals surface area contributed by atoms with E-state index in [9.17, 15) is 0 Å². The van der Waals surface area contributed by atoms with Crippen LogP contribution in [0.25, 0.3) is 0 Å². The van der Waals surface area contributed by atoms with Crippen molar-refractivity contribution in [2.24, 2.45) is 4.99 Å². The first-order chi connectivity index (χ1) is 18.8. The lowest BCUT2D eigenvalue weighted by Crippen LogP contribution is -2.38. The molecule has 6 nitrogen and oxygen atoms in total. The maximum atomic E-state index is 6.19. The maximum Gasteiger partial charge on any atom is 0.163 e. The molecule has 2 heterocycles. The van der Waals surface area contributed by atoms with Crippen molar-refractivity contribution in [3.05, 3.63) is 82.9 Å². The predicted molar refractivity (Wildman–Crippen MR) is 156 cm³/mol. The highest BCUT2D eigenvalue weighted by molar-refractivity contribution is 6.15. The van der Waals surface area contributed by atoms with Crippen molar-refractivity contribution >= 4 is 5.71 Å². The predicted octanol–water partition coefficient (Wildman–Crippen LogP) is 7.38. The van der Waals surface area contributed by atoms with Gasteiger partial charge in [-0.25, -0.2) is 4.99 Å². The van der Waals surface area contributed by atoms with Gasteiger partial charge in [-0.05, 0) is 76.9 Å². The van der Waals surface area contributed by atoms with Crippen LogP contribution in [0.3, 0.4) is 0 Å². The minimum atomic E-state index is -0.584. The molecule has 0 N–H and O–H groups in total. The summed E-state index contributed by atoms with van der Waals surface area (Å²) in [6.07, 6.45) is 1.63. The second-order valence-corrected chi connectivity index (χ2v) is 10.3. The number of nitrogens with zero attached hydrogens (tertiary/aromatic N) is 1. The largest absolute Gasteiger partial charge is 0.497 e. The number of rotatable bonds is 9. The molecule has 1 atom stereocenters. The highest BCUT2D eigenvalue weighted by Crippen LogP contribution is 2.36. The van der Waals surface area contributed by atoms with E-state index in [1.54, 1.807) is 7.11 Å². The van der Waals surface area contributed by atoms with Crippen LogP contribution < -0.4 is 18.9 Å². The van der Waals surface area contributed by atoms with Crippen LogP contribution in [0.1, 0.15) is 70.2 Å². The van der Waals surface area contributed by atoms with Crippen LogP contribution in [0, 0.1) is 0 Å². The number of fused-ring (bicyclic) bond motifs is 2. The van der Waals surface area contributed by atoms with Crippen molar-refractivity contribution < 1.29 is 23.7 Å². The number of benzene rings is 3. The van der Waals surface area contributed by atoms with E-state index in [1.807, 2.05) is 77.1 Å². The van der Waals surface area contributed by atoms with Gasteiger partial charge in [-0.1, -0.05) is 31.2 Å². The van der Waals surface area contributed by atoms with E-state index in [0.29, 0.717) is 6.61 Å². The third kappa shape index (κ3) is 6.93. The Bertz CT molecular complexity index is 1250. The van der Waals surface area contributed by atoms with Gasteiger partial charge in [0, 0.05) is 35.8 Å². The van der Waals surface area contributed by atoms with E-state index in [0.717, 1.165) is 59.3 Å². The molecule has 5 rings (SSSR count). The molecule has 0 saturated carbocycles. The lowest BCUT2D eigenvalue weighted by molar-refractivity contribution is -0.0360. The Morgan fingerprint density at radius 3 is 2.03 bits per heavy atom. The smallest absolute Gasteiger partial charge is 0.163 e. The van der Waals surface area contributed by atoms with Crippen molar-refractivity contribution in [2.75, 3.05) is 13.7 Å². The zero-order chi connectivity index (χ0) is 28.0. The summed E-state index contributed by atoms with van der Waals surface area (Å²) in [5.74, 6) is 3.38. The van der Waals surface area contributed by atoms with Crippen molar-refractivity contribution in [3.8, 4) is 23.0 Å². The molecule has 2 aliphatic rings. The highest BCUT2D eigenvalue weighted by atomic mass is 16.5. The summed E-state index contributed by atoms with van der Waals surface area (Å²) in [5, 5.41) is 0. The SMILES string of the molecule is CCOC1(CC)Cc2ccc(OC)cc2C(c2cc(OC(C)C)cc(OC(C)C)c2)=N1.c1ccc2c(c1)CO2. The van der Waals surface area contributed by atoms with Gasteiger partial charge in [-0.15, -0.1) is 0 Å². The monoisotopic (exact) mass is 531 g/mol. The van der Waals surface area contributed by atoms with Crippen LogP contribution >= 0.6 is 0 Å². The first-order valence-electron chi connectivity index (χ1n) is 13.9. The summed E-state index contributed by atoms with van der Waals surface area (Å²) in [7, 11) is 1.68. The van der Waals surface area contributed by atoms with Crippen molar-refractivity contribution in [1.82, 2.24) is 0 Å². The molecule has 0 aliphatic carbocycles. The molecular formula is C33H41NO5. The molecule has 6 heteroatoms. The van der Waals surface area contributed by atoms with Crippen molar-refractivity contribution in [2.45, 2.75) is 78.9 Å². The fourth-order valence-corrected chi connectivity index (χ4v) is 4.76. The van der Waals surface area contributed by atoms with Crippen molar-refractivity contribution in [3.63, 3.8) is 0 Å². The zero-order valence-corrected chi connectivity index (χ0v) is 24.2. The third-order valence-electron chi connectivity index (χ3n) is 6.57. The molecule has 1 unspecified atom stereocenters.